The van der Waals surface area contributed by atoms with Crippen molar-refractivity contribution in [3.8, 4) is 0 Å². The van der Waals surface area contributed by atoms with Crippen molar-refractivity contribution >= 4 is 11.6 Å². The van der Waals surface area contributed by atoms with Gasteiger partial charge in [-0.25, -0.2) is 0 Å². The lowest BCUT2D eigenvalue weighted by Crippen LogP contribution is -2.49. The molecule has 1 aromatic rings. The SMILES string of the molecule is C[C@]12CC[C@H](O)CC1=CCC1C2CC[C@]2(C)C(c3cnn4c3C=CCC4)=CCC12. The van der Waals surface area contributed by atoms with E-state index in [-0.39, 0.29) is 11.5 Å². The molecule has 3 heteroatoms. The van der Waals surface area contributed by atoms with E-state index in [1.807, 2.05) is 0 Å². The predicted molar refractivity (Wildman–Crippen MR) is 117 cm³/mol. The number of hydrogen-bond donors (Lipinski definition) is 1. The standard InChI is InChI=1S/C26H34N2O/c1-25-12-10-18(29)15-17(25)6-7-19-21-8-9-22(26(21,2)13-11-23(19)25)20-16-27-28-14-4-3-5-24(20)28/h3,5-6,9,16,18-19,21,23,29H,4,7-8,10-15H2,1-2H3/t18-,19?,21?,23?,25-,26-/m0/s1. The molecule has 0 radical (unpaired) electrons. The van der Waals surface area contributed by atoms with Gasteiger partial charge in [0, 0.05) is 12.1 Å². The summed E-state index contributed by atoms with van der Waals surface area (Å²) in [7, 11) is 0. The number of fused-ring (bicyclic) bond motifs is 6. The molecule has 1 N–H and O–H groups in total. The molecule has 4 aliphatic carbocycles. The number of rotatable bonds is 1. The van der Waals surface area contributed by atoms with E-state index in [0.29, 0.717) is 5.41 Å². The maximum atomic E-state index is 10.2. The van der Waals surface area contributed by atoms with Crippen molar-refractivity contribution in [3.05, 3.63) is 41.3 Å². The minimum Gasteiger partial charge on any atom is -0.393 e. The first-order chi connectivity index (χ1) is 14.0. The van der Waals surface area contributed by atoms with Gasteiger partial charge < -0.3 is 5.11 Å². The van der Waals surface area contributed by atoms with Crippen LogP contribution in [0.3, 0.4) is 0 Å². The fourth-order valence-electron chi connectivity index (χ4n) is 7.97. The second-order valence-electron chi connectivity index (χ2n) is 10.8. The maximum absolute atomic E-state index is 10.2. The molecule has 6 atom stereocenters. The number of aliphatic hydroxyl groups excluding tert-OH is 1. The summed E-state index contributed by atoms with van der Waals surface area (Å²) in [5.41, 5.74) is 6.48. The highest BCUT2D eigenvalue weighted by Gasteiger charge is 2.57. The molecule has 5 aliphatic rings. The summed E-state index contributed by atoms with van der Waals surface area (Å²) in [6.45, 7) is 6.09. The summed E-state index contributed by atoms with van der Waals surface area (Å²) in [5, 5.41) is 14.9. The molecule has 0 aromatic carbocycles. The second-order valence-corrected chi connectivity index (χ2v) is 10.8. The zero-order valence-electron chi connectivity index (χ0n) is 17.9. The highest BCUT2D eigenvalue weighted by molar-refractivity contribution is 5.78. The van der Waals surface area contributed by atoms with Crippen LogP contribution in [0.25, 0.3) is 11.6 Å². The highest BCUT2D eigenvalue weighted by Crippen LogP contribution is 2.66. The molecule has 3 unspecified atom stereocenters. The Labute approximate surface area is 174 Å². The second kappa shape index (κ2) is 6.20. The number of aliphatic hydroxyl groups is 1. The molecular formula is C26H34N2O. The van der Waals surface area contributed by atoms with Gasteiger partial charge in [0.1, 0.15) is 0 Å². The minimum absolute atomic E-state index is 0.110. The van der Waals surface area contributed by atoms with Crippen LogP contribution in [0, 0.1) is 28.6 Å². The van der Waals surface area contributed by atoms with E-state index in [2.05, 4.69) is 49.0 Å². The van der Waals surface area contributed by atoms with Gasteiger partial charge in [-0.05, 0) is 91.6 Å². The Hall–Kier alpha value is -1.61. The average Bonchev–Trinajstić information content (AvgIpc) is 3.29. The van der Waals surface area contributed by atoms with E-state index in [9.17, 15) is 5.11 Å². The summed E-state index contributed by atoms with van der Waals surface area (Å²) in [6.07, 6.45) is 21.0. The van der Waals surface area contributed by atoms with E-state index in [1.54, 1.807) is 11.1 Å². The fourth-order valence-corrected chi connectivity index (χ4v) is 7.97. The normalized spacial score (nSPS) is 43.0. The first-order valence-electron chi connectivity index (χ1n) is 11.8. The van der Waals surface area contributed by atoms with Crippen LogP contribution in [0.1, 0.15) is 76.5 Å². The lowest BCUT2D eigenvalue weighted by Gasteiger charge is -2.57. The molecule has 29 heavy (non-hydrogen) atoms. The molecule has 2 saturated carbocycles. The third-order valence-corrected chi connectivity index (χ3v) is 9.61. The van der Waals surface area contributed by atoms with Crippen LogP contribution in [-0.2, 0) is 6.54 Å². The van der Waals surface area contributed by atoms with Crippen LogP contribution in [0.15, 0.2) is 30.0 Å². The lowest BCUT2D eigenvalue weighted by molar-refractivity contribution is -0.0238. The Kier molecular flexibility index (Phi) is 3.89. The molecule has 6 rings (SSSR count). The van der Waals surface area contributed by atoms with Gasteiger partial charge in [-0.3, -0.25) is 4.68 Å². The Morgan fingerprint density at radius 3 is 2.83 bits per heavy atom. The molecule has 0 saturated heterocycles. The van der Waals surface area contributed by atoms with Crippen LogP contribution in [0.4, 0.5) is 0 Å². The molecule has 1 aromatic heterocycles. The van der Waals surface area contributed by atoms with Crippen molar-refractivity contribution in [1.82, 2.24) is 9.78 Å². The summed E-state index contributed by atoms with van der Waals surface area (Å²) in [4.78, 5) is 0. The zero-order chi connectivity index (χ0) is 19.8. The summed E-state index contributed by atoms with van der Waals surface area (Å²) < 4.78 is 2.20. The molecule has 3 nitrogen and oxygen atoms in total. The van der Waals surface area contributed by atoms with E-state index < -0.39 is 0 Å². The quantitative estimate of drug-likeness (QED) is 0.632. The van der Waals surface area contributed by atoms with E-state index in [4.69, 9.17) is 5.10 Å². The maximum Gasteiger partial charge on any atom is 0.0682 e. The first kappa shape index (κ1) is 18.2. The van der Waals surface area contributed by atoms with Crippen LogP contribution in [-0.4, -0.2) is 21.0 Å². The van der Waals surface area contributed by atoms with Gasteiger partial charge in [0.15, 0.2) is 0 Å². The average molecular weight is 391 g/mol. The molecule has 2 heterocycles. The van der Waals surface area contributed by atoms with Crippen LogP contribution < -0.4 is 0 Å². The zero-order valence-corrected chi connectivity index (χ0v) is 17.9. The van der Waals surface area contributed by atoms with Crippen molar-refractivity contribution in [1.29, 1.82) is 0 Å². The van der Waals surface area contributed by atoms with Crippen molar-refractivity contribution < 1.29 is 5.11 Å². The van der Waals surface area contributed by atoms with Gasteiger partial charge in [0.25, 0.3) is 0 Å². The van der Waals surface area contributed by atoms with Crippen LogP contribution in [0.5, 0.6) is 0 Å². The predicted octanol–water partition coefficient (Wildman–Crippen LogP) is 5.62. The number of aromatic nitrogens is 2. The van der Waals surface area contributed by atoms with Gasteiger partial charge in [-0.1, -0.05) is 37.6 Å². The van der Waals surface area contributed by atoms with Crippen molar-refractivity contribution in [2.45, 2.75) is 77.9 Å². The summed E-state index contributed by atoms with van der Waals surface area (Å²) >= 11 is 0. The third-order valence-electron chi connectivity index (χ3n) is 9.61. The van der Waals surface area contributed by atoms with E-state index in [1.165, 1.54) is 43.4 Å². The number of allylic oxidation sites excluding steroid dienone is 4. The molecule has 154 valence electrons. The Balaban J connectivity index is 1.34. The Morgan fingerprint density at radius 2 is 1.93 bits per heavy atom. The van der Waals surface area contributed by atoms with Crippen molar-refractivity contribution in [2.24, 2.45) is 28.6 Å². The number of hydrogen-bond acceptors (Lipinski definition) is 2. The van der Waals surface area contributed by atoms with E-state index >= 15 is 0 Å². The summed E-state index contributed by atoms with van der Waals surface area (Å²) in [6, 6.07) is 0. The highest BCUT2D eigenvalue weighted by atomic mass is 16.3. The van der Waals surface area contributed by atoms with Gasteiger partial charge in [-0.15, -0.1) is 0 Å². The topological polar surface area (TPSA) is 38.1 Å². The molecular weight excluding hydrogens is 356 g/mol. The molecule has 2 fully saturated rings. The lowest BCUT2D eigenvalue weighted by atomic mass is 9.47. The van der Waals surface area contributed by atoms with Crippen molar-refractivity contribution in [2.75, 3.05) is 0 Å². The van der Waals surface area contributed by atoms with Crippen LogP contribution >= 0.6 is 0 Å². The van der Waals surface area contributed by atoms with Gasteiger partial charge in [0.05, 0.1) is 18.0 Å². The molecule has 0 spiro atoms. The molecule has 1 aliphatic heterocycles. The smallest absolute Gasteiger partial charge is 0.0682 e. The van der Waals surface area contributed by atoms with Gasteiger partial charge in [0.2, 0.25) is 0 Å². The van der Waals surface area contributed by atoms with Crippen molar-refractivity contribution in [3.63, 3.8) is 0 Å². The monoisotopic (exact) mass is 390 g/mol. The molecule has 0 bridgehead atoms. The minimum atomic E-state index is -0.110. The van der Waals surface area contributed by atoms with Gasteiger partial charge in [-0.2, -0.15) is 5.10 Å². The third kappa shape index (κ3) is 2.43. The van der Waals surface area contributed by atoms with Gasteiger partial charge >= 0.3 is 0 Å². The fraction of sp³-hybridized carbons (Fsp3) is 0.654. The number of aryl methyl sites for hydroxylation is 1. The number of nitrogens with zero attached hydrogens (tertiary/aromatic N) is 2. The Morgan fingerprint density at radius 1 is 1.07 bits per heavy atom. The first-order valence-corrected chi connectivity index (χ1v) is 11.8. The molecule has 0 amide bonds. The largest absolute Gasteiger partial charge is 0.393 e. The van der Waals surface area contributed by atoms with E-state index in [0.717, 1.165) is 43.6 Å². The Bertz CT molecular complexity index is 937. The van der Waals surface area contributed by atoms with Crippen LogP contribution in [0.2, 0.25) is 0 Å². The summed E-state index contributed by atoms with van der Waals surface area (Å²) in [5.74, 6) is 2.33.